The van der Waals surface area contributed by atoms with Gasteiger partial charge in [-0.3, -0.25) is 0 Å². The van der Waals surface area contributed by atoms with Crippen LogP contribution in [0.2, 0.25) is 0 Å². The molecule has 0 saturated carbocycles. The molecule has 0 N–H and O–H groups in total. The summed E-state index contributed by atoms with van der Waals surface area (Å²) in [6.07, 6.45) is 25.9. The summed E-state index contributed by atoms with van der Waals surface area (Å²) in [5, 5.41) is 5.48. The van der Waals surface area contributed by atoms with E-state index in [-0.39, 0.29) is 23.7 Å². The van der Waals surface area contributed by atoms with Gasteiger partial charge in [0.05, 0.1) is 0 Å². The van der Waals surface area contributed by atoms with Gasteiger partial charge in [0.2, 0.25) is 0 Å². The molecular formula is C52H40. The number of hydrogen-bond donors (Lipinski definition) is 0. The molecule has 0 fully saturated rings. The molecule has 4 unspecified atom stereocenters. The Balaban J connectivity index is 1.34. The van der Waals surface area contributed by atoms with Gasteiger partial charge in [-0.15, -0.1) is 0 Å². The lowest BCUT2D eigenvalue weighted by Crippen LogP contribution is -2.46. The van der Waals surface area contributed by atoms with Crippen LogP contribution in [0.15, 0.2) is 200 Å². The Morgan fingerprint density at radius 2 is 0.788 bits per heavy atom. The van der Waals surface area contributed by atoms with Crippen molar-refractivity contribution in [2.75, 3.05) is 0 Å². The summed E-state index contributed by atoms with van der Waals surface area (Å²) < 4.78 is 0. The third-order valence-electron chi connectivity index (χ3n) is 11.8. The van der Waals surface area contributed by atoms with Gasteiger partial charge in [0.1, 0.15) is 0 Å². The van der Waals surface area contributed by atoms with Gasteiger partial charge in [-0.25, -0.2) is 0 Å². The molecule has 5 aliphatic carbocycles. The highest BCUT2D eigenvalue weighted by atomic mass is 14.4. The zero-order valence-corrected chi connectivity index (χ0v) is 29.2. The zero-order chi connectivity index (χ0) is 34.4. The summed E-state index contributed by atoms with van der Waals surface area (Å²) in [6, 6.07) is 49.5. The van der Waals surface area contributed by atoms with E-state index in [0.29, 0.717) is 0 Å². The van der Waals surface area contributed by atoms with Gasteiger partial charge in [0.15, 0.2) is 0 Å². The second-order valence-electron chi connectivity index (χ2n) is 14.5. The fourth-order valence-corrected chi connectivity index (χ4v) is 9.70. The van der Waals surface area contributed by atoms with Crippen molar-refractivity contribution in [3.63, 3.8) is 0 Å². The molecule has 10 rings (SSSR count). The Hall–Kier alpha value is -5.98. The van der Waals surface area contributed by atoms with Crippen LogP contribution >= 0.6 is 0 Å². The molecule has 4 atom stereocenters. The van der Waals surface area contributed by atoms with Gasteiger partial charge >= 0.3 is 0 Å². The van der Waals surface area contributed by atoms with Crippen LogP contribution in [0.1, 0.15) is 24.0 Å². The largest absolute Gasteiger partial charge is 0.0836 e. The van der Waals surface area contributed by atoms with Crippen molar-refractivity contribution in [2.24, 2.45) is 23.7 Å². The van der Waals surface area contributed by atoms with E-state index >= 15 is 0 Å². The molecule has 0 aromatic heterocycles. The van der Waals surface area contributed by atoms with Crippen molar-refractivity contribution in [1.82, 2.24) is 0 Å². The molecule has 0 saturated heterocycles. The summed E-state index contributed by atoms with van der Waals surface area (Å²) in [6.45, 7) is 0. The van der Waals surface area contributed by atoms with Crippen molar-refractivity contribution in [1.29, 1.82) is 0 Å². The Labute approximate surface area is 306 Å². The van der Waals surface area contributed by atoms with E-state index in [9.17, 15) is 0 Å². The normalized spacial score (nSPS) is 22.6. The molecule has 5 aromatic rings. The fraction of sp³-hybridized carbons (Fsp3) is 0.115. The number of rotatable bonds is 5. The molecule has 0 nitrogen and oxygen atoms in total. The maximum atomic E-state index is 2.49. The molecule has 0 bridgehead atoms. The maximum Gasteiger partial charge on any atom is 0.0137 e. The van der Waals surface area contributed by atoms with Crippen LogP contribution in [0, 0.1) is 23.7 Å². The first-order valence-electron chi connectivity index (χ1n) is 18.8. The standard InChI is InChI=1S/C52H40/c1-3-19-35(20-4-1)37-23-7-9-25-39(37)49-41-27-11-15-31-45(41)51(46-32-16-12-28-42(46)49)52-47-33-17-13-29-43(47)50(44-30-14-18-34-48(44)52)40-26-10-8-24-38(40)36-21-5-2-6-22-36/h1-9,11-25,27-34,41,43,45,47H,10,26H2. The van der Waals surface area contributed by atoms with Crippen LogP contribution in [-0.2, 0) is 0 Å². The summed E-state index contributed by atoms with van der Waals surface area (Å²) >= 11 is 0. The third-order valence-corrected chi connectivity index (χ3v) is 11.8. The van der Waals surface area contributed by atoms with E-state index in [1.807, 2.05) is 0 Å². The van der Waals surface area contributed by atoms with Crippen molar-refractivity contribution in [2.45, 2.75) is 12.8 Å². The minimum atomic E-state index is 0.208. The van der Waals surface area contributed by atoms with E-state index in [1.165, 1.54) is 76.6 Å². The highest BCUT2D eigenvalue weighted by Gasteiger charge is 2.39. The quantitative estimate of drug-likeness (QED) is 0.176. The van der Waals surface area contributed by atoms with E-state index in [4.69, 9.17) is 0 Å². The topological polar surface area (TPSA) is 0 Å². The summed E-state index contributed by atoms with van der Waals surface area (Å²) in [4.78, 5) is 0. The molecule has 0 radical (unpaired) electrons. The molecule has 0 amide bonds. The van der Waals surface area contributed by atoms with Crippen molar-refractivity contribution >= 4 is 27.9 Å². The van der Waals surface area contributed by atoms with Gasteiger partial charge in [-0.05, 0) is 89.4 Å². The van der Waals surface area contributed by atoms with Crippen LogP contribution in [0.25, 0.3) is 39.0 Å². The zero-order valence-electron chi connectivity index (χ0n) is 29.2. The Kier molecular flexibility index (Phi) is 7.68. The summed E-state index contributed by atoms with van der Waals surface area (Å²) in [5.41, 5.74) is 13.9. The van der Waals surface area contributed by atoms with Crippen LogP contribution < -0.4 is 20.9 Å². The van der Waals surface area contributed by atoms with E-state index in [2.05, 4.69) is 194 Å². The van der Waals surface area contributed by atoms with Crippen LogP contribution in [-0.4, -0.2) is 0 Å². The van der Waals surface area contributed by atoms with Crippen LogP contribution in [0.5, 0.6) is 0 Å². The Bertz CT molecular complexity index is 2670. The fourth-order valence-electron chi connectivity index (χ4n) is 9.70. The van der Waals surface area contributed by atoms with E-state index in [1.54, 1.807) is 0 Å². The first-order valence-corrected chi connectivity index (χ1v) is 18.8. The molecule has 5 aromatic carbocycles. The van der Waals surface area contributed by atoms with Crippen LogP contribution in [0.4, 0.5) is 0 Å². The molecular weight excluding hydrogens is 625 g/mol. The SMILES string of the molecule is C1=CC2C(C3=C(c4ccccc4)C=CCC3)=c3ccccc3=C(C3=c4ccccc4=C(c4ccccc4-c4ccccc4)C4C=CC=CC34)C2C=C1. The maximum absolute atomic E-state index is 2.49. The molecule has 0 spiro atoms. The highest BCUT2D eigenvalue weighted by molar-refractivity contribution is 6.00. The second kappa shape index (κ2) is 13.0. The Morgan fingerprint density at radius 3 is 1.37 bits per heavy atom. The van der Waals surface area contributed by atoms with Crippen molar-refractivity contribution in [3.05, 3.63) is 232 Å². The number of benzene rings is 5. The predicted octanol–water partition coefficient (Wildman–Crippen LogP) is 9.25. The number of fused-ring (bicyclic) bond motifs is 4. The minimum absolute atomic E-state index is 0.208. The van der Waals surface area contributed by atoms with Gasteiger partial charge in [0, 0.05) is 23.7 Å². The van der Waals surface area contributed by atoms with E-state index in [0.717, 1.165) is 12.8 Å². The molecule has 0 heteroatoms. The number of allylic oxidation sites excluding steroid dienone is 12. The number of hydrogen-bond acceptors (Lipinski definition) is 0. The van der Waals surface area contributed by atoms with Gasteiger partial charge in [-0.2, -0.15) is 0 Å². The van der Waals surface area contributed by atoms with Crippen molar-refractivity contribution in [3.8, 4) is 11.1 Å². The lowest BCUT2D eigenvalue weighted by atomic mass is 9.63. The van der Waals surface area contributed by atoms with E-state index < -0.39 is 0 Å². The molecule has 52 heavy (non-hydrogen) atoms. The van der Waals surface area contributed by atoms with Gasteiger partial charge in [-0.1, -0.05) is 194 Å². The molecule has 0 heterocycles. The lowest BCUT2D eigenvalue weighted by molar-refractivity contribution is 0.652. The average molecular weight is 665 g/mol. The smallest absolute Gasteiger partial charge is 0.0137 e. The molecule has 5 aliphatic rings. The van der Waals surface area contributed by atoms with Crippen LogP contribution in [0.3, 0.4) is 0 Å². The predicted molar refractivity (Wildman–Crippen MR) is 218 cm³/mol. The molecule has 248 valence electrons. The lowest BCUT2D eigenvalue weighted by Gasteiger charge is -2.40. The second-order valence-corrected chi connectivity index (χ2v) is 14.5. The first kappa shape index (κ1) is 30.8. The summed E-state index contributed by atoms with van der Waals surface area (Å²) in [5.74, 6) is 0.897. The average Bonchev–Trinajstić information content (AvgIpc) is 3.23. The van der Waals surface area contributed by atoms with Gasteiger partial charge < -0.3 is 0 Å². The Morgan fingerprint density at radius 1 is 0.365 bits per heavy atom. The highest BCUT2D eigenvalue weighted by Crippen LogP contribution is 2.49. The third kappa shape index (κ3) is 4.97. The minimum Gasteiger partial charge on any atom is -0.0836 e. The monoisotopic (exact) mass is 664 g/mol. The molecule has 0 aliphatic heterocycles. The first-order chi connectivity index (χ1) is 25.9. The van der Waals surface area contributed by atoms with Crippen molar-refractivity contribution < 1.29 is 0 Å². The summed E-state index contributed by atoms with van der Waals surface area (Å²) in [7, 11) is 0. The van der Waals surface area contributed by atoms with Gasteiger partial charge in [0.25, 0.3) is 0 Å².